The summed E-state index contributed by atoms with van der Waals surface area (Å²) in [7, 11) is -3.94. The average Bonchev–Trinajstić information content (AvgIpc) is 3.11. The van der Waals surface area contributed by atoms with Crippen LogP contribution in [0.5, 0.6) is 0 Å². The van der Waals surface area contributed by atoms with Gasteiger partial charge in [0.15, 0.2) is 4.80 Å². The van der Waals surface area contributed by atoms with Gasteiger partial charge in [-0.05, 0) is 73.5 Å². The topological polar surface area (TPSA) is 80.5 Å². The van der Waals surface area contributed by atoms with Crippen molar-refractivity contribution in [2.24, 2.45) is 4.99 Å². The molecule has 1 heterocycles. The van der Waals surface area contributed by atoms with E-state index >= 15 is 0 Å². The van der Waals surface area contributed by atoms with Gasteiger partial charge in [-0.15, -0.1) is 6.58 Å². The average molecular weight is 496 g/mol. The Morgan fingerprint density at radius 2 is 1.88 bits per heavy atom. The number of allylic oxidation sites excluding steroid dienone is 1. The minimum absolute atomic E-state index is 0.0864. The van der Waals surface area contributed by atoms with Gasteiger partial charge in [-0.25, -0.2) is 12.8 Å². The van der Waals surface area contributed by atoms with Crippen molar-refractivity contribution in [3.05, 3.63) is 101 Å². The lowest BCUT2D eigenvalue weighted by molar-refractivity contribution is 0.0998. The number of fused-ring (bicyclic) bond motifs is 1. The number of anilines is 1. The van der Waals surface area contributed by atoms with Gasteiger partial charge in [0.25, 0.3) is 15.9 Å². The first-order valence-corrected chi connectivity index (χ1v) is 12.7. The monoisotopic (exact) mass is 495 g/mol. The summed E-state index contributed by atoms with van der Waals surface area (Å²) in [5, 5.41) is 0. The number of aryl methyl sites for hydroxylation is 2. The van der Waals surface area contributed by atoms with E-state index in [-0.39, 0.29) is 16.1 Å². The number of rotatable bonds is 6. The first-order chi connectivity index (χ1) is 16.2. The number of amides is 1. The van der Waals surface area contributed by atoms with Crippen molar-refractivity contribution in [2.75, 3.05) is 4.72 Å². The summed E-state index contributed by atoms with van der Waals surface area (Å²) in [6.07, 6.45) is 1.75. The molecular formula is C25H22FN3O3S2. The van der Waals surface area contributed by atoms with Crippen LogP contribution in [0.15, 0.2) is 83.2 Å². The first-order valence-electron chi connectivity index (χ1n) is 10.4. The van der Waals surface area contributed by atoms with Gasteiger partial charge in [-0.2, -0.15) is 4.99 Å². The normalized spacial score (nSPS) is 12.1. The highest BCUT2D eigenvalue weighted by Crippen LogP contribution is 2.24. The number of nitrogens with one attached hydrogen (secondary N) is 1. The van der Waals surface area contributed by atoms with Crippen LogP contribution in [0.4, 0.5) is 10.1 Å². The number of aromatic nitrogens is 1. The maximum absolute atomic E-state index is 13.1. The summed E-state index contributed by atoms with van der Waals surface area (Å²) >= 11 is 1.42. The molecule has 6 nitrogen and oxygen atoms in total. The van der Waals surface area contributed by atoms with E-state index in [0.717, 1.165) is 33.5 Å². The van der Waals surface area contributed by atoms with E-state index in [2.05, 4.69) is 28.4 Å². The van der Waals surface area contributed by atoms with E-state index in [1.807, 2.05) is 18.4 Å². The lowest BCUT2D eigenvalue weighted by Crippen LogP contribution is -2.16. The number of halogens is 1. The largest absolute Gasteiger partial charge is 0.312 e. The number of thiazole rings is 1. The summed E-state index contributed by atoms with van der Waals surface area (Å²) in [5.74, 6) is -1.03. The molecule has 0 saturated heterocycles. The first kappa shape index (κ1) is 23.6. The number of carbonyl (C=O) groups is 1. The van der Waals surface area contributed by atoms with E-state index in [1.54, 1.807) is 18.2 Å². The van der Waals surface area contributed by atoms with Gasteiger partial charge in [-0.1, -0.05) is 29.5 Å². The number of hydrogen-bond donors (Lipinski definition) is 1. The van der Waals surface area contributed by atoms with Crippen LogP contribution in [0, 0.1) is 19.7 Å². The van der Waals surface area contributed by atoms with Crippen molar-refractivity contribution >= 4 is 43.2 Å². The van der Waals surface area contributed by atoms with Gasteiger partial charge < -0.3 is 4.57 Å². The SMILES string of the molecule is C=CCn1c(=NC(=O)c2cccc(NS(=O)(=O)c3ccc(F)cc3)c2)sc2c(C)cc(C)cc21. The molecule has 3 aromatic carbocycles. The second-order valence-electron chi connectivity index (χ2n) is 7.77. The Hall–Kier alpha value is -3.56. The fraction of sp³-hybridized carbons (Fsp3) is 0.120. The summed E-state index contributed by atoms with van der Waals surface area (Å²) < 4.78 is 43.8. The molecule has 0 radical (unpaired) electrons. The molecule has 0 unspecified atom stereocenters. The molecule has 1 N–H and O–H groups in total. The smallest absolute Gasteiger partial charge is 0.279 e. The molecule has 0 saturated carbocycles. The third-order valence-corrected chi connectivity index (χ3v) is 7.74. The van der Waals surface area contributed by atoms with Crippen LogP contribution >= 0.6 is 11.3 Å². The molecule has 34 heavy (non-hydrogen) atoms. The van der Waals surface area contributed by atoms with Gasteiger partial charge >= 0.3 is 0 Å². The molecule has 0 aliphatic heterocycles. The molecule has 0 aliphatic rings. The number of nitrogens with zero attached hydrogens (tertiary/aromatic N) is 2. The fourth-order valence-electron chi connectivity index (χ4n) is 3.60. The van der Waals surface area contributed by atoms with E-state index in [4.69, 9.17) is 0 Å². The lowest BCUT2D eigenvalue weighted by atomic mass is 10.1. The summed E-state index contributed by atoms with van der Waals surface area (Å²) in [6.45, 7) is 8.34. The quantitative estimate of drug-likeness (QED) is 0.374. The minimum atomic E-state index is -3.94. The number of benzene rings is 3. The highest BCUT2D eigenvalue weighted by Gasteiger charge is 2.16. The Bertz CT molecular complexity index is 1580. The van der Waals surface area contributed by atoms with Crippen LogP contribution in [0.1, 0.15) is 21.5 Å². The van der Waals surface area contributed by atoms with Crippen molar-refractivity contribution in [2.45, 2.75) is 25.3 Å². The van der Waals surface area contributed by atoms with Gasteiger partial charge in [0.1, 0.15) is 5.82 Å². The summed E-state index contributed by atoms with van der Waals surface area (Å²) in [4.78, 5) is 17.8. The number of sulfonamides is 1. The molecule has 174 valence electrons. The third kappa shape index (κ3) is 4.85. The Balaban J connectivity index is 1.70. The number of hydrogen-bond acceptors (Lipinski definition) is 4. The highest BCUT2D eigenvalue weighted by molar-refractivity contribution is 7.92. The van der Waals surface area contributed by atoms with Crippen molar-refractivity contribution in [3.63, 3.8) is 0 Å². The Morgan fingerprint density at radius 1 is 1.15 bits per heavy atom. The van der Waals surface area contributed by atoms with E-state index in [0.29, 0.717) is 11.3 Å². The van der Waals surface area contributed by atoms with Crippen molar-refractivity contribution in [3.8, 4) is 0 Å². The summed E-state index contributed by atoms with van der Waals surface area (Å²) in [6, 6.07) is 14.7. The van der Waals surface area contributed by atoms with Crippen LogP contribution in [0.3, 0.4) is 0 Å². The maximum Gasteiger partial charge on any atom is 0.279 e. The van der Waals surface area contributed by atoms with Gasteiger partial charge in [0.05, 0.1) is 15.1 Å². The predicted molar refractivity (Wildman–Crippen MR) is 133 cm³/mol. The summed E-state index contributed by atoms with van der Waals surface area (Å²) in [5.41, 5.74) is 3.63. The molecule has 4 rings (SSSR count). The van der Waals surface area contributed by atoms with Crippen molar-refractivity contribution < 1.29 is 17.6 Å². The molecule has 1 aromatic heterocycles. The van der Waals surface area contributed by atoms with Crippen LogP contribution in [-0.4, -0.2) is 18.9 Å². The standard InChI is InChI=1S/C25H22FN3O3S2/c1-4-12-29-22-14-16(2)13-17(3)23(22)33-25(29)27-24(30)18-6-5-7-20(15-18)28-34(31,32)21-10-8-19(26)9-11-21/h4-11,13-15,28H,1,12H2,2-3H3. The molecule has 4 aromatic rings. The Morgan fingerprint density at radius 3 is 2.59 bits per heavy atom. The molecule has 0 fully saturated rings. The van der Waals surface area contributed by atoms with E-state index < -0.39 is 21.7 Å². The van der Waals surface area contributed by atoms with E-state index in [1.165, 1.54) is 35.6 Å². The molecule has 0 spiro atoms. The van der Waals surface area contributed by atoms with Crippen LogP contribution in [0.2, 0.25) is 0 Å². The molecule has 0 bridgehead atoms. The van der Waals surface area contributed by atoms with Gasteiger partial charge in [-0.3, -0.25) is 9.52 Å². The van der Waals surface area contributed by atoms with Crippen LogP contribution in [-0.2, 0) is 16.6 Å². The van der Waals surface area contributed by atoms with E-state index in [9.17, 15) is 17.6 Å². The van der Waals surface area contributed by atoms with Gasteiger partial charge in [0, 0.05) is 17.8 Å². The highest BCUT2D eigenvalue weighted by atomic mass is 32.2. The zero-order valence-electron chi connectivity index (χ0n) is 18.6. The Kier molecular flexibility index (Phi) is 6.49. The Labute approximate surface area is 200 Å². The third-order valence-electron chi connectivity index (χ3n) is 5.11. The molecule has 0 aliphatic carbocycles. The maximum atomic E-state index is 13.1. The van der Waals surface area contributed by atoms with Crippen molar-refractivity contribution in [1.29, 1.82) is 0 Å². The molecule has 1 amide bonds. The second kappa shape index (κ2) is 9.36. The molecular weight excluding hydrogens is 473 g/mol. The predicted octanol–water partition coefficient (Wildman–Crippen LogP) is 5.19. The van der Waals surface area contributed by atoms with Gasteiger partial charge in [0.2, 0.25) is 0 Å². The lowest BCUT2D eigenvalue weighted by Gasteiger charge is -2.09. The van der Waals surface area contributed by atoms with Crippen LogP contribution < -0.4 is 9.52 Å². The molecule has 9 heteroatoms. The zero-order chi connectivity index (χ0) is 24.5. The minimum Gasteiger partial charge on any atom is -0.312 e. The van der Waals surface area contributed by atoms with Crippen LogP contribution in [0.25, 0.3) is 10.2 Å². The fourth-order valence-corrected chi connectivity index (χ4v) is 5.74. The van der Waals surface area contributed by atoms with Crippen molar-refractivity contribution in [1.82, 2.24) is 4.57 Å². The second-order valence-corrected chi connectivity index (χ2v) is 10.4. The zero-order valence-corrected chi connectivity index (χ0v) is 20.2. The molecule has 0 atom stereocenters. The number of carbonyl (C=O) groups excluding carboxylic acids is 1.